The summed E-state index contributed by atoms with van der Waals surface area (Å²) in [4.78, 5) is 11.9. The van der Waals surface area contributed by atoms with Crippen molar-refractivity contribution in [1.29, 1.82) is 5.26 Å². The number of carbonyl (C=O) groups excluding carboxylic acids is 1. The molecule has 0 radical (unpaired) electrons. The molecule has 19 heavy (non-hydrogen) atoms. The highest BCUT2D eigenvalue weighted by Crippen LogP contribution is 2.18. The molecule has 0 saturated heterocycles. The van der Waals surface area contributed by atoms with Gasteiger partial charge >= 0.3 is 0 Å². The quantitative estimate of drug-likeness (QED) is 0.863. The molecule has 2 unspecified atom stereocenters. The average molecular weight is 258 g/mol. The Morgan fingerprint density at radius 2 is 2.00 bits per heavy atom. The number of hydrogen-bond acceptors (Lipinski definition) is 3. The molecule has 4 heteroatoms. The summed E-state index contributed by atoms with van der Waals surface area (Å²) in [5.74, 6) is -0.0735. The molecule has 0 spiro atoms. The Bertz CT molecular complexity index is 476. The molecule has 100 valence electrons. The van der Waals surface area contributed by atoms with Gasteiger partial charge in [0.25, 0.3) is 0 Å². The van der Waals surface area contributed by atoms with Crippen molar-refractivity contribution in [3.05, 3.63) is 35.4 Å². The number of aliphatic hydroxyl groups excluding tert-OH is 1. The van der Waals surface area contributed by atoms with Crippen molar-refractivity contribution < 1.29 is 9.90 Å². The third kappa shape index (κ3) is 3.80. The van der Waals surface area contributed by atoms with E-state index >= 15 is 0 Å². The topological polar surface area (TPSA) is 73.1 Å². The van der Waals surface area contributed by atoms with E-state index in [1.54, 1.807) is 24.3 Å². The molecule has 1 fully saturated rings. The molecule has 2 N–H and O–H groups in total. The predicted molar refractivity (Wildman–Crippen MR) is 71.3 cm³/mol. The number of nitrogens with one attached hydrogen (secondary N) is 1. The number of aliphatic hydroxyl groups is 1. The molecule has 2 rings (SSSR count). The second-order valence-corrected chi connectivity index (χ2v) is 5.01. The van der Waals surface area contributed by atoms with E-state index in [-0.39, 0.29) is 18.4 Å². The van der Waals surface area contributed by atoms with Crippen LogP contribution >= 0.6 is 0 Å². The molecule has 0 aliphatic heterocycles. The SMILES string of the molecule is N#Cc1ccc(CC(=O)NC2CCCCC2O)cc1. The molecule has 0 aromatic heterocycles. The minimum Gasteiger partial charge on any atom is -0.391 e. The third-order valence-corrected chi connectivity index (χ3v) is 3.52. The van der Waals surface area contributed by atoms with E-state index in [2.05, 4.69) is 5.32 Å². The number of amides is 1. The molecule has 1 aliphatic rings. The lowest BCUT2D eigenvalue weighted by Crippen LogP contribution is -2.45. The van der Waals surface area contributed by atoms with Gasteiger partial charge in [0.1, 0.15) is 0 Å². The smallest absolute Gasteiger partial charge is 0.224 e. The van der Waals surface area contributed by atoms with E-state index in [1.165, 1.54) is 0 Å². The Morgan fingerprint density at radius 1 is 1.32 bits per heavy atom. The molecular formula is C15H18N2O2. The Balaban J connectivity index is 1.88. The van der Waals surface area contributed by atoms with Crippen LogP contribution < -0.4 is 5.32 Å². The van der Waals surface area contributed by atoms with Crippen molar-refractivity contribution in [2.75, 3.05) is 0 Å². The maximum absolute atomic E-state index is 11.9. The van der Waals surface area contributed by atoms with Crippen LogP contribution in [0.4, 0.5) is 0 Å². The lowest BCUT2D eigenvalue weighted by molar-refractivity contribution is -0.122. The van der Waals surface area contributed by atoms with Crippen molar-refractivity contribution in [3.8, 4) is 6.07 Å². The predicted octanol–water partition coefficient (Wildman–Crippen LogP) is 1.52. The van der Waals surface area contributed by atoms with E-state index in [0.29, 0.717) is 5.56 Å². The van der Waals surface area contributed by atoms with Crippen LogP contribution in [0.1, 0.15) is 36.8 Å². The number of nitrogens with zero attached hydrogens (tertiary/aromatic N) is 1. The van der Waals surface area contributed by atoms with Gasteiger partial charge in [-0.3, -0.25) is 4.79 Å². The highest BCUT2D eigenvalue weighted by Gasteiger charge is 2.24. The van der Waals surface area contributed by atoms with Crippen LogP contribution in [0.15, 0.2) is 24.3 Å². The zero-order valence-corrected chi connectivity index (χ0v) is 10.8. The standard InChI is InChI=1S/C15H18N2O2/c16-10-12-7-5-11(6-8-12)9-15(19)17-13-3-1-2-4-14(13)18/h5-8,13-14,18H,1-4,9H2,(H,17,19). The van der Waals surface area contributed by atoms with Gasteiger partial charge in [-0.25, -0.2) is 0 Å². The first-order valence-electron chi connectivity index (χ1n) is 6.65. The second-order valence-electron chi connectivity index (χ2n) is 5.01. The van der Waals surface area contributed by atoms with E-state index < -0.39 is 6.10 Å². The summed E-state index contributed by atoms with van der Waals surface area (Å²) in [5, 5.41) is 21.4. The van der Waals surface area contributed by atoms with Gasteiger partial charge in [0.05, 0.1) is 30.2 Å². The van der Waals surface area contributed by atoms with Crippen LogP contribution in [0.3, 0.4) is 0 Å². The minimum absolute atomic E-state index is 0.0735. The van der Waals surface area contributed by atoms with E-state index in [4.69, 9.17) is 5.26 Å². The second kappa shape index (κ2) is 6.35. The summed E-state index contributed by atoms with van der Waals surface area (Å²) in [6.07, 6.45) is 3.57. The maximum Gasteiger partial charge on any atom is 0.224 e. The molecule has 2 atom stereocenters. The van der Waals surface area contributed by atoms with Gasteiger partial charge in [-0.1, -0.05) is 25.0 Å². The molecule has 1 saturated carbocycles. The zero-order valence-electron chi connectivity index (χ0n) is 10.8. The van der Waals surface area contributed by atoms with Crippen molar-refractivity contribution in [2.24, 2.45) is 0 Å². The normalized spacial score (nSPS) is 22.5. The van der Waals surface area contributed by atoms with Gasteiger partial charge < -0.3 is 10.4 Å². The number of hydrogen-bond donors (Lipinski definition) is 2. The highest BCUT2D eigenvalue weighted by molar-refractivity contribution is 5.79. The van der Waals surface area contributed by atoms with Gasteiger partial charge in [0.2, 0.25) is 5.91 Å². The van der Waals surface area contributed by atoms with Crippen LogP contribution in [-0.2, 0) is 11.2 Å². The Morgan fingerprint density at radius 3 is 2.63 bits per heavy atom. The Labute approximate surface area is 113 Å². The molecule has 4 nitrogen and oxygen atoms in total. The van der Waals surface area contributed by atoms with Gasteiger partial charge in [-0.2, -0.15) is 5.26 Å². The monoisotopic (exact) mass is 258 g/mol. The van der Waals surface area contributed by atoms with Crippen LogP contribution in [0.2, 0.25) is 0 Å². The van der Waals surface area contributed by atoms with Crippen molar-refractivity contribution in [1.82, 2.24) is 5.32 Å². The summed E-state index contributed by atoms with van der Waals surface area (Å²) < 4.78 is 0. The summed E-state index contributed by atoms with van der Waals surface area (Å²) in [5.41, 5.74) is 1.47. The summed E-state index contributed by atoms with van der Waals surface area (Å²) in [7, 11) is 0. The fourth-order valence-corrected chi connectivity index (χ4v) is 2.42. The molecule has 0 heterocycles. The third-order valence-electron chi connectivity index (χ3n) is 3.52. The van der Waals surface area contributed by atoms with Crippen molar-refractivity contribution in [3.63, 3.8) is 0 Å². The van der Waals surface area contributed by atoms with Crippen molar-refractivity contribution in [2.45, 2.75) is 44.2 Å². The first kappa shape index (κ1) is 13.6. The van der Waals surface area contributed by atoms with Gasteiger partial charge in [0.15, 0.2) is 0 Å². The molecular weight excluding hydrogens is 240 g/mol. The summed E-state index contributed by atoms with van der Waals surface area (Å²) in [6, 6.07) is 8.92. The first-order valence-corrected chi connectivity index (χ1v) is 6.65. The molecule has 1 aliphatic carbocycles. The molecule has 1 amide bonds. The lowest BCUT2D eigenvalue weighted by atomic mass is 9.92. The van der Waals surface area contributed by atoms with Crippen LogP contribution in [0.25, 0.3) is 0 Å². The highest BCUT2D eigenvalue weighted by atomic mass is 16.3. The fraction of sp³-hybridized carbons (Fsp3) is 0.467. The van der Waals surface area contributed by atoms with E-state index in [0.717, 1.165) is 31.2 Å². The zero-order chi connectivity index (χ0) is 13.7. The molecule has 1 aromatic carbocycles. The minimum atomic E-state index is -0.418. The van der Waals surface area contributed by atoms with Crippen LogP contribution in [0, 0.1) is 11.3 Å². The lowest BCUT2D eigenvalue weighted by Gasteiger charge is -2.28. The maximum atomic E-state index is 11.9. The summed E-state index contributed by atoms with van der Waals surface area (Å²) >= 11 is 0. The number of benzene rings is 1. The number of nitriles is 1. The fourth-order valence-electron chi connectivity index (χ4n) is 2.42. The van der Waals surface area contributed by atoms with Crippen molar-refractivity contribution >= 4 is 5.91 Å². The average Bonchev–Trinajstić information content (AvgIpc) is 2.42. The van der Waals surface area contributed by atoms with Gasteiger partial charge in [-0.15, -0.1) is 0 Å². The first-order chi connectivity index (χ1) is 9.19. The van der Waals surface area contributed by atoms with Gasteiger partial charge in [-0.05, 0) is 30.5 Å². The van der Waals surface area contributed by atoms with E-state index in [9.17, 15) is 9.90 Å². The summed E-state index contributed by atoms with van der Waals surface area (Å²) in [6.45, 7) is 0. The number of rotatable bonds is 3. The Kier molecular flexibility index (Phi) is 4.53. The molecule has 0 bridgehead atoms. The largest absolute Gasteiger partial charge is 0.391 e. The van der Waals surface area contributed by atoms with Crippen LogP contribution in [0.5, 0.6) is 0 Å². The Hall–Kier alpha value is -1.86. The molecule has 1 aromatic rings. The number of carbonyl (C=O) groups is 1. The van der Waals surface area contributed by atoms with E-state index in [1.807, 2.05) is 6.07 Å². The van der Waals surface area contributed by atoms with Crippen LogP contribution in [-0.4, -0.2) is 23.2 Å². The van der Waals surface area contributed by atoms with Gasteiger partial charge in [0, 0.05) is 0 Å².